The van der Waals surface area contributed by atoms with Gasteiger partial charge in [-0.05, 0) is 31.6 Å². The van der Waals surface area contributed by atoms with Gasteiger partial charge >= 0.3 is 0 Å². The molecule has 0 spiro atoms. The number of hydrogen-bond donors (Lipinski definition) is 0. The molecular weight excluding hydrogens is 302 g/mol. The largest absolute Gasteiger partial charge is 0.340 e. The van der Waals surface area contributed by atoms with Crippen LogP contribution >= 0.6 is 0 Å². The van der Waals surface area contributed by atoms with E-state index < -0.39 is 10.0 Å². The molecule has 0 bridgehead atoms. The Morgan fingerprint density at radius 1 is 0.955 bits per heavy atom. The number of amides is 1. The van der Waals surface area contributed by atoms with Crippen molar-refractivity contribution in [3.8, 4) is 0 Å². The monoisotopic (exact) mass is 329 g/mol. The van der Waals surface area contributed by atoms with E-state index in [0.29, 0.717) is 25.9 Å². The van der Waals surface area contributed by atoms with Gasteiger partial charge in [0.2, 0.25) is 15.9 Å². The van der Waals surface area contributed by atoms with Gasteiger partial charge in [0.05, 0.1) is 6.26 Å². The molecule has 2 saturated heterocycles. The first-order valence-electron chi connectivity index (χ1n) is 8.40. The Hall–Kier alpha value is -0.660. The van der Waals surface area contributed by atoms with Crippen molar-refractivity contribution in [1.29, 1.82) is 0 Å². The highest BCUT2D eigenvalue weighted by Gasteiger charge is 2.33. The van der Waals surface area contributed by atoms with E-state index in [1.54, 1.807) is 0 Å². The molecule has 2 aliphatic heterocycles. The highest BCUT2D eigenvalue weighted by molar-refractivity contribution is 7.88. The van der Waals surface area contributed by atoms with Crippen molar-refractivity contribution in [2.75, 3.05) is 52.1 Å². The van der Waals surface area contributed by atoms with Gasteiger partial charge < -0.3 is 4.90 Å². The summed E-state index contributed by atoms with van der Waals surface area (Å²) in [6.07, 6.45) is 5.31. The Labute approximate surface area is 133 Å². The van der Waals surface area contributed by atoms with E-state index >= 15 is 0 Å². The molecule has 0 N–H and O–H groups in total. The second-order valence-corrected chi connectivity index (χ2v) is 8.99. The van der Waals surface area contributed by atoms with E-state index in [9.17, 15) is 13.2 Å². The Bertz CT molecular complexity index is 502. The summed E-state index contributed by atoms with van der Waals surface area (Å²) in [5, 5.41) is 0. The van der Waals surface area contributed by atoms with E-state index in [1.807, 2.05) is 4.90 Å². The van der Waals surface area contributed by atoms with Crippen LogP contribution in [0.25, 0.3) is 0 Å². The van der Waals surface area contributed by atoms with Gasteiger partial charge in [-0.15, -0.1) is 0 Å². The molecule has 3 aliphatic rings. The maximum Gasteiger partial charge on any atom is 0.225 e. The summed E-state index contributed by atoms with van der Waals surface area (Å²) in [6.45, 7) is 5.81. The second-order valence-electron chi connectivity index (χ2n) is 7.01. The molecule has 0 aromatic carbocycles. The lowest BCUT2D eigenvalue weighted by Crippen LogP contribution is -2.52. The van der Waals surface area contributed by atoms with Crippen LogP contribution in [-0.4, -0.2) is 80.5 Å². The second kappa shape index (κ2) is 6.45. The van der Waals surface area contributed by atoms with E-state index in [4.69, 9.17) is 0 Å². The van der Waals surface area contributed by atoms with Crippen LogP contribution in [0.2, 0.25) is 0 Å². The number of nitrogens with zero attached hydrogens (tertiary/aromatic N) is 3. The van der Waals surface area contributed by atoms with E-state index in [0.717, 1.165) is 32.1 Å². The quantitative estimate of drug-likeness (QED) is 0.740. The number of sulfonamides is 1. The third kappa shape index (κ3) is 4.00. The molecule has 0 atom stereocenters. The SMILES string of the molecule is CS(=O)(=O)N1CCC(C(=O)N2CCN(CC3CC3)CC2)CC1. The minimum Gasteiger partial charge on any atom is -0.340 e. The Kier molecular flexibility index (Phi) is 4.75. The summed E-state index contributed by atoms with van der Waals surface area (Å²) in [4.78, 5) is 17.1. The Morgan fingerprint density at radius 3 is 2.05 bits per heavy atom. The zero-order valence-corrected chi connectivity index (χ0v) is 14.2. The fourth-order valence-electron chi connectivity index (χ4n) is 3.51. The van der Waals surface area contributed by atoms with Crippen LogP contribution in [0.5, 0.6) is 0 Å². The predicted molar refractivity (Wildman–Crippen MR) is 84.9 cm³/mol. The average molecular weight is 329 g/mol. The third-order valence-corrected chi connectivity index (χ3v) is 6.47. The lowest BCUT2D eigenvalue weighted by molar-refractivity contribution is -0.138. The van der Waals surface area contributed by atoms with Crippen molar-refractivity contribution in [3.05, 3.63) is 0 Å². The van der Waals surface area contributed by atoms with Crippen molar-refractivity contribution in [1.82, 2.24) is 14.1 Å². The molecule has 1 aliphatic carbocycles. The molecule has 6 nitrogen and oxygen atoms in total. The van der Waals surface area contributed by atoms with Gasteiger partial charge in [-0.2, -0.15) is 0 Å². The van der Waals surface area contributed by atoms with Gasteiger partial charge in [0.15, 0.2) is 0 Å². The molecule has 2 heterocycles. The molecule has 0 unspecified atom stereocenters. The number of carbonyl (C=O) groups is 1. The maximum atomic E-state index is 12.6. The molecule has 3 fully saturated rings. The van der Waals surface area contributed by atoms with Crippen LogP contribution in [-0.2, 0) is 14.8 Å². The summed E-state index contributed by atoms with van der Waals surface area (Å²) < 4.78 is 24.5. The molecule has 1 amide bonds. The molecule has 1 saturated carbocycles. The summed E-state index contributed by atoms with van der Waals surface area (Å²) >= 11 is 0. The van der Waals surface area contributed by atoms with Crippen molar-refractivity contribution in [2.24, 2.45) is 11.8 Å². The third-order valence-electron chi connectivity index (χ3n) is 5.17. The Morgan fingerprint density at radius 2 is 1.55 bits per heavy atom. The van der Waals surface area contributed by atoms with E-state index in [1.165, 1.54) is 29.9 Å². The van der Waals surface area contributed by atoms with Gasteiger partial charge in [-0.25, -0.2) is 12.7 Å². The number of hydrogen-bond acceptors (Lipinski definition) is 4. The molecule has 3 rings (SSSR count). The zero-order chi connectivity index (χ0) is 15.7. The summed E-state index contributed by atoms with van der Waals surface area (Å²) in [5.74, 6) is 1.15. The highest BCUT2D eigenvalue weighted by Crippen LogP contribution is 2.30. The first kappa shape index (κ1) is 16.2. The first-order chi connectivity index (χ1) is 10.4. The van der Waals surface area contributed by atoms with Crippen molar-refractivity contribution < 1.29 is 13.2 Å². The molecule has 0 radical (unpaired) electrons. The lowest BCUT2D eigenvalue weighted by atomic mass is 9.96. The van der Waals surface area contributed by atoms with Crippen LogP contribution in [0.3, 0.4) is 0 Å². The molecule has 7 heteroatoms. The first-order valence-corrected chi connectivity index (χ1v) is 10.2. The number of rotatable bonds is 4. The topological polar surface area (TPSA) is 60.9 Å². The zero-order valence-electron chi connectivity index (χ0n) is 13.4. The van der Waals surface area contributed by atoms with Gasteiger partial charge in [0, 0.05) is 51.7 Å². The molecule has 126 valence electrons. The fourth-order valence-corrected chi connectivity index (χ4v) is 4.38. The van der Waals surface area contributed by atoms with Crippen molar-refractivity contribution >= 4 is 15.9 Å². The van der Waals surface area contributed by atoms with Crippen LogP contribution in [0, 0.1) is 11.8 Å². The standard InChI is InChI=1S/C15H27N3O3S/c1-22(20,21)18-6-4-14(5-7-18)15(19)17-10-8-16(9-11-17)12-13-2-3-13/h13-14H,2-12H2,1H3. The number of carbonyl (C=O) groups excluding carboxylic acids is 1. The predicted octanol–water partition coefficient (Wildman–Crippen LogP) is 0.212. The van der Waals surface area contributed by atoms with Crippen LogP contribution < -0.4 is 0 Å². The van der Waals surface area contributed by atoms with Crippen molar-refractivity contribution in [3.63, 3.8) is 0 Å². The average Bonchev–Trinajstić information content (AvgIpc) is 3.31. The normalized spacial score (nSPS) is 26.3. The van der Waals surface area contributed by atoms with Gasteiger partial charge in [0.25, 0.3) is 0 Å². The summed E-state index contributed by atoms with van der Waals surface area (Å²) in [5.41, 5.74) is 0. The minimum absolute atomic E-state index is 0.00739. The van der Waals surface area contributed by atoms with E-state index in [2.05, 4.69) is 4.90 Å². The molecule has 0 aromatic rings. The number of piperidine rings is 1. The molecule has 0 aromatic heterocycles. The summed E-state index contributed by atoms with van der Waals surface area (Å²) in [7, 11) is -3.11. The van der Waals surface area contributed by atoms with Crippen LogP contribution in [0.15, 0.2) is 0 Å². The molecular formula is C15H27N3O3S. The van der Waals surface area contributed by atoms with Gasteiger partial charge in [-0.3, -0.25) is 9.69 Å². The number of piperazine rings is 1. The smallest absolute Gasteiger partial charge is 0.225 e. The fraction of sp³-hybridized carbons (Fsp3) is 0.933. The lowest BCUT2D eigenvalue weighted by Gasteiger charge is -2.38. The van der Waals surface area contributed by atoms with Gasteiger partial charge in [-0.1, -0.05) is 0 Å². The van der Waals surface area contributed by atoms with Crippen molar-refractivity contribution in [2.45, 2.75) is 25.7 Å². The maximum absolute atomic E-state index is 12.6. The Balaban J connectivity index is 1.44. The van der Waals surface area contributed by atoms with Gasteiger partial charge in [0.1, 0.15) is 0 Å². The minimum atomic E-state index is -3.11. The summed E-state index contributed by atoms with van der Waals surface area (Å²) in [6, 6.07) is 0. The van der Waals surface area contributed by atoms with E-state index in [-0.39, 0.29) is 11.8 Å². The highest BCUT2D eigenvalue weighted by atomic mass is 32.2. The molecule has 22 heavy (non-hydrogen) atoms. The van der Waals surface area contributed by atoms with Crippen LogP contribution in [0.1, 0.15) is 25.7 Å². The van der Waals surface area contributed by atoms with Crippen LogP contribution in [0.4, 0.5) is 0 Å².